The van der Waals surface area contributed by atoms with Gasteiger partial charge in [0.25, 0.3) is 5.91 Å². The molecule has 0 spiro atoms. The number of rotatable bonds is 4. The third-order valence-corrected chi connectivity index (χ3v) is 5.03. The Bertz CT molecular complexity index is 562. The van der Waals surface area contributed by atoms with Gasteiger partial charge in [0.1, 0.15) is 5.75 Å². The van der Waals surface area contributed by atoms with E-state index in [2.05, 4.69) is 10.5 Å². The number of para-hydroxylation sites is 1. The van der Waals surface area contributed by atoms with Crippen LogP contribution in [-0.4, -0.2) is 18.2 Å². The lowest BCUT2D eigenvalue weighted by molar-refractivity contribution is -0.123. The normalized spacial score (nSPS) is 16.9. The van der Waals surface area contributed by atoms with E-state index in [1.54, 1.807) is 0 Å². The lowest BCUT2D eigenvalue weighted by atomic mass is 10.00. The molecule has 4 heteroatoms. The first-order valence-corrected chi connectivity index (χ1v) is 10.2. The Morgan fingerprint density at radius 1 is 0.923 bits per heavy atom. The summed E-state index contributed by atoms with van der Waals surface area (Å²) in [5.41, 5.74) is 5.92. The van der Waals surface area contributed by atoms with Gasteiger partial charge in [-0.15, -0.1) is 0 Å². The van der Waals surface area contributed by atoms with Crippen LogP contribution in [0.5, 0.6) is 5.75 Å². The largest absolute Gasteiger partial charge is 0.483 e. The zero-order chi connectivity index (χ0) is 18.6. The second kappa shape index (κ2) is 11.7. The van der Waals surface area contributed by atoms with E-state index in [1.165, 1.54) is 57.8 Å². The average molecular weight is 359 g/mol. The molecule has 0 heterocycles. The van der Waals surface area contributed by atoms with Crippen molar-refractivity contribution in [1.82, 2.24) is 5.43 Å². The average Bonchev–Trinajstić information content (AvgIpc) is 2.61. The van der Waals surface area contributed by atoms with E-state index in [-0.39, 0.29) is 12.5 Å². The second-order valence-corrected chi connectivity index (χ2v) is 7.40. The second-order valence-electron chi connectivity index (χ2n) is 7.40. The summed E-state index contributed by atoms with van der Waals surface area (Å²) in [7, 11) is 0. The van der Waals surface area contributed by atoms with Gasteiger partial charge in [0.05, 0.1) is 0 Å². The van der Waals surface area contributed by atoms with Crippen LogP contribution >= 0.6 is 0 Å². The Morgan fingerprint density at radius 3 is 1.96 bits per heavy atom. The monoisotopic (exact) mass is 358 g/mol. The number of nitrogens with zero attached hydrogens (tertiary/aromatic N) is 1. The maximum Gasteiger partial charge on any atom is 0.277 e. The Morgan fingerprint density at radius 2 is 1.42 bits per heavy atom. The molecule has 1 aliphatic rings. The highest BCUT2D eigenvalue weighted by Crippen LogP contribution is 2.22. The zero-order valence-corrected chi connectivity index (χ0v) is 16.5. The number of benzene rings is 1. The summed E-state index contributed by atoms with van der Waals surface area (Å²) in [5, 5.41) is 4.41. The van der Waals surface area contributed by atoms with Gasteiger partial charge in [-0.05, 0) is 50.7 Å². The molecule has 1 fully saturated rings. The molecule has 0 atom stereocenters. The Balaban J connectivity index is 1.81. The number of aryl methyl sites for hydroxylation is 2. The van der Waals surface area contributed by atoms with Crippen molar-refractivity contribution < 1.29 is 9.53 Å². The molecule has 0 aromatic heterocycles. The molecule has 2 rings (SSSR count). The molecule has 0 aliphatic heterocycles. The number of amides is 1. The van der Waals surface area contributed by atoms with Crippen LogP contribution in [0.4, 0.5) is 0 Å². The zero-order valence-electron chi connectivity index (χ0n) is 16.5. The van der Waals surface area contributed by atoms with Crippen molar-refractivity contribution >= 4 is 11.6 Å². The number of carbonyl (C=O) groups is 1. The number of hydrogen-bond donors (Lipinski definition) is 1. The SMILES string of the molecule is Cc1cccc(C)c1OCC(=O)NN=C1CCCCCCCCCCC1. The van der Waals surface area contributed by atoms with E-state index in [1.807, 2.05) is 32.0 Å². The Hall–Kier alpha value is -1.84. The van der Waals surface area contributed by atoms with Crippen LogP contribution in [0.1, 0.15) is 81.8 Å². The van der Waals surface area contributed by atoms with E-state index in [0.29, 0.717) is 0 Å². The smallest absolute Gasteiger partial charge is 0.277 e. The minimum Gasteiger partial charge on any atom is -0.483 e. The van der Waals surface area contributed by atoms with Crippen LogP contribution in [-0.2, 0) is 4.79 Å². The van der Waals surface area contributed by atoms with Crippen molar-refractivity contribution in [1.29, 1.82) is 0 Å². The molecule has 1 amide bonds. The molecule has 0 saturated heterocycles. The summed E-state index contributed by atoms with van der Waals surface area (Å²) in [6.45, 7) is 3.99. The predicted molar refractivity (Wildman–Crippen MR) is 108 cm³/mol. The maximum absolute atomic E-state index is 12.1. The quantitative estimate of drug-likeness (QED) is 0.727. The van der Waals surface area contributed by atoms with Crippen molar-refractivity contribution in [2.75, 3.05) is 6.61 Å². The molecule has 1 N–H and O–H groups in total. The van der Waals surface area contributed by atoms with Crippen molar-refractivity contribution in [3.05, 3.63) is 29.3 Å². The third kappa shape index (κ3) is 7.59. The predicted octanol–water partition coefficient (Wildman–Crippen LogP) is 5.46. The first-order chi connectivity index (χ1) is 12.7. The molecular formula is C22H34N2O2. The van der Waals surface area contributed by atoms with Gasteiger partial charge in [-0.2, -0.15) is 5.10 Å². The van der Waals surface area contributed by atoms with Crippen molar-refractivity contribution in [2.24, 2.45) is 5.10 Å². The molecule has 0 bridgehead atoms. The molecule has 4 nitrogen and oxygen atoms in total. The maximum atomic E-state index is 12.1. The van der Waals surface area contributed by atoms with Crippen LogP contribution in [0.25, 0.3) is 0 Å². The molecular weight excluding hydrogens is 324 g/mol. The summed E-state index contributed by atoms with van der Waals surface area (Å²) in [6.07, 6.45) is 13.6. The summed E-state index contributed by atoms with van der Waals surface area (Å²) in [5.74, 6) is 0.604. The first-order valence-electron chi connectivity index (χ1n) is 10.2. The van der Waals surface area contributed by atoms with Crippen molar-refractivity contribution in [3.8, 4) is 5.75 Å². The molecule has 1 saturated carbocycles. The number of ether oxygens (including phenoxy) is 1. The summed E-state index contributed by atoms with van der Waals surface area (Å²) < 4.78 is 5.70. The summed E-state index contributed by atoms with van der Waals surface area (Å²) >= 11 is 0. The van der Waals surface area contributed by atoms with E-state index < -0.39 is 0 Å². The van der Waals surface area contributed by atoms with Gasteiger partial charge in [-0.1, -0.05) is 63.1 Å². The molecule has 1 aliphatic carbocycles. The van der Waals surface area contributed by atoms with E-state index in [9.17, 15) is 4.79 Å². The molecule has 1 aromatic carbocycles. The molecule has 0 radical (unpaired) electrons. The standard InChI is InChI=1S/C22H34N2O2/c1-18-13-12-14-19(2)22(18)26-17-21(25)24-23-20-15-10-8-6-4-3-5-7-9-11-16-20/h12-14H,3-11,15-17H2,1-2H3,(H,24,25). The van der Waals surface area contributed by atoms with Gasteiger partial charge < -0.3 is 4.74 Å². The third-order valence-electron chi connectivity index (χ3n) is 5.03. The van der Waals surface area contributed by atoms with Crippen LogP contribution in [0.2, 0.25) is 0 Å². The van der Waals surface area contributed by atoms with Crippen LogP contribution in [0.15, 0.2) is 23.3 Å². The fourth-order valence-electron chi connectivity index (χ4n) is 3.47. The molecule has 1 aromatic rings. The van der Waals surface area contributed by atoms with E-state index >= 15 is 0 Å². The van der Waals surface area contributed by atoms with Crippen LogP contribution in [0.3, 0.4) is 0 Å². The highest BCUT2D eigenvalue weighted by Gasteiger charge is 2.08. The van der Waals surface area contributed by atoms with Gasteiger partial charge in [0.2, 0.25) is 0 Å². The number of hydrazone groups is 1. The topological polar surface area (TPSA) is 50.7 Å². The lowest BCUT2D eigenvalue weighted by Crippen LogP contribution is -2.26. The lowest BCUT2D eigenvalue weighted by Gasteiger charge is -2.12. The van der Waals surface area contributed by atoms with Gasteiger partial charge >= 0.3 is 0 Å². The van der Waals surface area contributed by atoms with Crippen LogP contribution in [0, 0.1) is 13.8 Å². The highest BCUT2D eigenvalue weighted by molar-refractivity contribution is 5.86. The molecule has 26 heavy (non-hydrogen) atoms. The molecule has 0 unspecified atom stereocenters. The minimum atomic E-state index is -0.189. The minimum absolute atomic E-state index is 0.00245. The highest BCUT2D eigenvalue weighted by atomic mass is 16.5. The first kappa shape index (κ1) is 20.5. The summed E-state index contributed by atoms with van der Waals surface area (Å²) in [4.78, 5) is 12.1. The fraction of sp³-hybridized carbons (Fsp3) is 0.636. The number of carbonyl (C=O) groups excluding carboxylic acids is 1. The Labute approximate surface area is 158 Å². The van der Waals surface area contributed by atoms with Crippen molar-refractivity contribution in [3.63, 3.8) is 0 Å². The van der Waals surface area contributed by atoms with Gasteiger partial charge in [-0.3, -0.25) is 4.79 Å². The van der Waals surface area contributed by atoms with Gasteiger partial charge in [-0.25, -0.2) is 5.43 Å². The summed E-state index contributed by atoms with van der Waals surface area (Å²) in [6, 6.07) is 5.98. The number of nitrogens with one attached hydrogen (secondary N) is 1. The van der Waals surface area contributed by atoms with E-state index in [4.69, 9.17) is 4.74 Å². The Kier molecular flexibility index (Phi) is 9.22. The van der Waals surface area contributed by atoms with Gasteiger partial charge in [0.15, 0.2) is 6.61 Å². The van der Waals surface area contributed by atoms with E-state index in [0.717, 1.165) is 35.4 Å². The number of hydrogen-bond acceptors (Lipinski definition) is 3. The molecule has 144 valence electrons. The van der Waals surface area contributed by atoms with Crippen molar-refractivity contribution in [2.45, 2.75) is 84.5 Å². The van der Waals surface area contributed by atoms with Gasteiger partial charge in [0, 0.05) is 5.71 Å². The fourth-order valence-corrected chi connectivity index (χ4v) is 3.47. The van der Waals surface area contributed by atoms with Crippen LogP contribution < -0.4 is 10.2 Å².